The van der Waals surface area contributed by atoms with Gasteiger partial charge in [0.25, 0.3) is 0 Å². The molecule has 0 aliphatic carbocycles. The highest BCUT2D eigenvalue weighted by Gasteiger charge is 2.31. The van der Waals surface area contributed by atoms with Gasteiger partial charge in [-0.15, -0.1) is 0 Å². The fourth-order valence-electron chi connectivity index (χ4n) is 2.42. The molecule has 1 unspecified atom stereocenters. The Bertz CT molecular complexity index is 599. The maximum absolute atomic E-state index is 12.8. The van der Waals surface area contributed by atoms with Crippen LogP contribution in [0.4, 0.5) is 5.69 Å². The molecule has 0 radical (unpaired) electrons. The van der Waals surface area contributed by atoms with Crippen molar-refractivity contribution in [2.45, 2.75) is 37.3 Å². The summed E-state index contributed by atoms with van der Waals surface area (Å²) < 4.78 is 27.3. The second-order valence-corrected chi connectivity index (χ2v) is 8.56. The van der Waals surface area contributed by atoms with E-state index in [-0.39, 0.29) is 0 Å². The highest BCUT2D eigenvalue weighted by molar-refractivity contribution is 8.00. The summed E-state index contributed by atoms with van der Waals surface area (Å²) >= 11 is 1.86. The van der Waals surface area contributed by atoms with Gasteiger partial charge in [-0.05, 0) is 43.5 Å². The molecule has 2 N–H and O–H groups in total. The van der Waals surface area contributed by atoms with Crippen LogP contribution in [0, 0.1) is 13.8 Å². The SMILES string of the molecule is CCC1CN(S(=O)(=O)c2cc(C)cc(N)c2C)CCS1. The Morgan fingerprint density at radius 3 is 2.75 bits per heavy atom. The fraction of sp³-hybridized carbons (Fsp3) is 0.571. The van der Waals surface area contributed by atoms with Crippen molar-refractivity contribution in [3.05, 3.63) is 23.3 Å². The Kier molecular flexibility index (Phi) is 4.66. The van der Waals surface area contributed by atoms with Gasteiger partial charge in [0.2, 0.25) is 10.0 Å². The minimum absolute atomic E-state index is 0.358. The van der Waals surface area contributed by atoms with E-state index in [0.717, 1.165) is 17.7 Å². The molecule has 0 amide bonds. The Morgan fingerprint density at radius 2 is 2.10 bits per heavy atom. The number of nitrogens with zero attached hydrogens (tertiary/aromatic N) is 1. The summed E-state index contributed by atoms with van der Waals surface area (Å²) in [5.41, 5.74) is 7.99. The van der Waals surface area contributed by atoms with Crippen LogP contribution >= 0.6 is 11.8 Å². The quantitative estimate of drug-likeness (QED) is 0.870. The number of hydrogen-bond acceptors (Lipinski definition) is 4. The van der Waals surface area contributed by atoms with E-state index in [1.165, 1.54) is 0 Å². The van der Waals surface area contributed by atoms with Crippen LogP contribution in [-0.4, -0.2) is 36.8 Å². The number of hydrogen-bond donors (Lipinski definition) is 1. The molecular formula is C14H22N2O2S2. The molecule has 1 saturated heterocycles. The van der Waals surface area contributed by atoms with Crippen molar-refractivity contribution in [1.29, 1.82) is 0 Å². The molecule has 2 rings (SSSR count). The summed E-state index contributed by atoms with van der Waals surface area (Å²) in [6.45, 7) is 6.92. The number of sulfonamides is 1. The fourth-order valence-corrected chi connectivity index (χ4v) is 5.63. The standard InChI is InChI=1S/C14H22N2O2S2/c1-4-12-9-16(5-6-19-12)20(17,18)14-8-10(2)7-13(15)11(14)3/h7-8,12H,4-6,9,15H2,1-3H3. The lowest BCUT2D eigenvalue weighted by Gasteiger charge is -2.31. The zero-order chi connectivity index (χ0) is 14.9. The second-order valence-electron chi connectivity index (χ2n) is 5.24. The van der Waals surface area contributed by atoms with Crippen LogP contribution in [0.2, 0.25) is 0 Å². The molecule has 1 aliphatic rings. The van der Waals surface area contributed by atoms with Crippen LogP contribution in [0.25, 0.3) is 0 Å². The van der Waals surface area contributed by atoms with E-state index in [0.29, 0.717) is 34.5 Å². The second kappa shape index (κ2) is 5.95. The first kappa shape index (κ1) is 15.7. The zero-order valence-electron chi connectivity index (χ0n) is 12.2. The highest BCUT2D eigenvalue weighted by atomic mass is 32.2. The highest BCUT2D eigenvalue weighted by Crippen LogP contribution is 2.30. The molecule has 0 aromatic heterocycles. The van der Waals surface area contributed by atoms with Crippen molar-refractivity contribution < 1.29 is 8.42 Å². The van der Waals surface area contributed by atoms with Crippen LogP contribution in [0.3, 0.4) is 0 Å². The average Bonchev–Trinajstić information content (AvgIpc) is 2.42. The van der Waals surface area contributed by atoms with Gasteiger partial charge in [-0.2, -0.15) is 16.1 Å². The van der Waals surface area contributed by atoms with Crippen molar-refractivity contribution in [3.8, 4) is 0 Å². The maximum atomic E-state index is 12.8. The number of nitrogen functional groups attached to an aromatic ring is 1. The Morgan fingerprint density at radius 1 is 1.40 bits per heavy atom. The van der Waals surface area contributed by atoms with Gasteiger partial charge in [-0.1, -0.05) is 6.92 Å². The lowest BCUT2D eigenvalue weighted by atomic mass is 10.1. The van der Waals surface area contributed by atoms with Crippen LogP contribution in [-0.2, 0) is 10.0 Å². The maximum Gasteiger partial charge on any atom is 0.243 e. The molecular weight excluding hydrogens is 292 g/mol. The Hall–Kier alpha value is -0.720. The third kappa shape index (κ3) is 2.97. The first-order valence-corrected chi connectivity index (χ1v) is 9.33. The van der Waals surface area contributed by atoms with Crippen molar-refractivity contribution in [2.75, 3.05) is 24.6 Å². The molecule has 1 heterocycles. The molecule has 0 saturated carbocycles. The molecule has 1 aromatic rings. The monoisotopic (exact) mass is 314 g/mol. The molecule has 112 valence electrons. The van der Waals surface area contributed by atoms with E-state index in [1.54, 1.807) is 17.3 Å². The topological polar surface area (TPSA) is 63.4 Å². The number of anilines is 1. The van der Waals surface area contributed by atoms with E-state index >= 15 is 0 Å². The van der Waals surface area contributed by atoms with Gasteiger partial charge in [0.05, 0.1) is 4.90 Å². The molecule has 20 heavy (non-hydrogen) atoms. The van der Waals surface area contributed by atoms with E-state index in [4.69, 9.17) is 5.73 Å². The van der Waals surface area contributed by atoms with Gasteiger partial charge in [0.15, 0.2) is 0 Å². The van der Waals surface area contributed by atoms with Gasteiger partial charge < -0.3 is 5.73 Å². The molecule has 1 atom stereocenters. The third-order valence-corrected chi connectivity index (χ3v) is 7.08. The summed E-state index contributed by atoms with van der Waals surface area (Å²) in [6, 6.07) is 3.54. The minimum Gasteiger partial charge on any atom is -0.398 e. The molecule has 0 spiro atoms. The molecule has 1 aromatic carbocycles. The Balaban J connectivity index is 2.40. The largest absolute Gasteiger partial charge is 0.398 e. The molecule has 1 aliphatic heterocycles. The first-order valence-electron chi connectivity index (χ1n) is 6.84. The molecule has 6 heteroatoms. The lowest BCUT2D eigenvalue weighted by molar-refractivity contribution is 0.415. The summed E-state index contributed by atoms with van der Waals surface area (Å²) in [4.78, 5) is 0.358. The molecule has 0 bridgehead atoms. The zero-order valence-corrected chi connectivity index (χ0v) is 13.9. The molecule has 1 fully saturated rings. The lowest BCUT2D eigenvalue weighted by Crippen LogP contribution is -2.41. The number of aryl methyl sites for hydroxylation is 1. The van der Waals surface area contributed by atoms with Crippen molar-refractivity contribution in [2.24, 2.45) is 0 Å². The number of thioether (sulfide) groups is 1. The van der Waals surface area contributed by atoms with Gasteiger partial charge in [-0.3, -0.25) is 0 Å². The van der Waals surface area contributed by atoms with E-state index in [2.05, 4.69) is 6.92 Å². The third-order valence-electron chi connectivity index (χ3n) is 3.72. The number of rotatable bonds is 3. The normalized spacial score (nSPS) is 21.1. The number of benzene rings is 1. The van der Waals surface area contributed by atoms with Crippen LogP contribution in [0.15, 0.2) is 17.0 Å². The number of nitrogens with two attached hydrogens (primary N) is 1. The van der Waals surface area contributed by atoms with E-state index in [9.17, 15) is 8.42 Å². The predicted octanol–water partition coefficient (Wildman–Crippen LogP) is 2.40. The van der Waals surface area contributed by atoms with Crippen LogP contribution in [0.5, 0.6) is 0 Å². The summed E-state index contributed by atoms with van der Waals surface area (Å²) in [6.07, 6.45) is 0.992. The van der Waals surface area contributed by atoms with E-state index < -0.39 is 10.0 Å². The molecule has 4 nitrogen and oxygen atoms in total. The van der Waals surface area contributed by atoms with Gasteiger partial charge >= 0.3 is 0 Å². The van der Waals surface area contributed by atoms with Crippen molar-refractivity contribution >= 4 is 27.5 Å². The summed E-state index contributed by atoms with van der Waals surface area (Å²) in [5, 5.41) is 0.390. The summed E-state index contributed by atoms with van der Waals surface area (Å²) in [7, 11) is -3.44. The Labute approximate surface area is 125 Å². The van der Waals surface area contributed by atoms with Crippen molar-refractivity contribution in [1.82, 2.24) is 4.31 Å². The first-order chi connectivity index (χ1) is 9.36. The summed E-state index contributed by atoms with van der Waals surface area (Å²) in [5.74, 6) is 0.859. The van der Waals surface area contributed by atoms with E-state index in [1.807, 2.05) is 24.8 Å². The van der Waals surface area contributed by atoms with Crippen molar-refractivity contribution in [3.63, 3.8) is 0 Å². The van der Waals surface area contributed by atoms with Crippen LogP contribution < -0.4 is 5.73 Å². The smallest absolute Gasteiger partial charge is 0.243 e. The van der Waals surface area contributed by atoms with Gasteiger partial charge in [0.1, 0.15) is 0 Å². The van der Waals surface area contributed by atoms with Crippen LogP contribution in [0.1, 0.15) is 24.5 Å². The average molecular weight is 314 g/mol. The predicted molar refractivity (Wildman–Crippen MR) is 85.6 cm³/mol. The minimum atomic E-state index is -3.44. The van der Waals surface area contributed by atoms with Gasteiger partial charge in [-0.25, -0.2) is 8.42 Å². The van der Waals surface area contributed by atoms with Gasteiger partial charge in [0, 0.05) is 29.8 Å².